The van der Waals surface area contributed by atoms with Crippen molar-refractivity contribution in [3.63, 3.8) is 0 Å². The Labute approximate surface area is 111 Å². The number of likely N-dealkylation sites (N-methyl/N-ethyl adjacent to an activating group) is 1. The second kappa shape index (κ2) is 7.18. The van der Waals surface area contributed by atoms with Crippen molar-refractivity contribution in [3.8, 4) is 5.75 Å². The summed E-state index contributed by atoms with van der Waals surface area (Å²) in [6.45, 7) is 7.37. The molecule has 0 spiro atoms. The van der Waals surface area contributed by atoms with Crippen molar-refractivity contribution in [1.82, 2.24) is 4.90 Å². The summed E-state index contributed by atoms with van der Waals surface area (Å²) in [4.78, 5) is 12.4. The van der Waals surface area contributed by atoms with Crippen LogP contribution >= 0.6 is 11.6 Å². The van der Waals surface area contributed by atoms with E-state index < -0.39 is 4.92 Å². The van der Waals surface area contributed by atoms with Crippen LogP contribution in [0.15, 0.2) is 18.2 Å². The number of ether oxygens (including phenoxy) is 1. The predicted octanol–water partition coefficient (Wildman–Crippen LogP) is 2.97. The number of hydrogen-bond acceptors (Lipinski definition) is 4. The molecule has 0 amide bonds. The van der Waals surface area contributed by atoms with Crippen LogP contribution in [0, 0.1) is 10.1 Å². The Bertz CT molecular complexity index is 408. The fourth-order valence-electron chi connectivity index (χ4n) is 1.55. The van der Waals surface area contributed by atoms with Crippen molar-refractivity contribution >= 4 is 17.3 Å². The summed E-state index contributed by atoms with van der Waals surface area (Å²) >= 11 is 5.72. The molecule has 18 heavy (non-hydrogen) atoms. The van der Waals surface area contributed by atoms with Gasteiger partial charge in [-0.2, -0.15) is 0 Å². The summed E-state index contributed by atoms with van der Waals surface area (Å²) < 4.78 is 5.48. The molecule has 1 aromatic rings. The quantitative estimate of drug-likeness (QED) is 0.566. The first-order valence-corrected chi connectivity index (χ1v) is 6.25. The van der Waals surface area contributed by atoms with Gasteiger partial charge >= 0.3 is 0 Å². The molecular weight excluding hydrogens is 256 g/mol. The number of nitro benzene ring substituents is 1. The lowest BCUT2D eigenvalue weighted by Gasteiger charge is -2.17. The second-order valence-electron chi connectivity index (χ2n) is 3.75. The Balaban J connectivity index is 2.58. The summed E-state index contributed by atoms with van der Waals surface area (Å²) in [5.74, 6) is 0.471. The number of benzene rings is 1. The van der Waals surface area contributed by atoms with Gasteiger partial charge in [-0.05, 0) is 25.2 Å². The Kier molecular flexibility index (Phi) is 5.88. The van der Waals surface area contributed by atoms with Crippen molar-refractivity contribution in [1.29, 1.82) is 0 Å². The Morgan fingerprint density at radius 3 is 2.61 bits per heavy atom. The molecule has 1 rings (SSSR count). The highest BCUT2D eigenvalue weighted by molar-refractivity contribution is 6.32. The molecule has 0 heterocycles. The van der Waals surface area contributed by atoms with Crippen LogP contribution in [0.25, 0.3) is 0 Å². The number of hydrogen-bond donors (Lipinski definition) is 0. The van der Waals surface area contributed by atoms with E-state index in [4.69, 9.17) is 16.3 Å². The first kappa shape index (κ1) is 14.7. The zero-order valence-electron chi connectivity index (χ0n) is 10.6. The standard InChI is InChI=1S/C12H17ClN2O3/c1-3-14(4-2)7-8-18-10-5-6-11(13)12(9-10)15(16)17/h5-6,9H,3-4,7-8H2,1-2H3. The molecule has 0 aliphatic carbocycles. The number of halogens is 1. The fourth-order valence-corrected chi connectivity index (χ4v) is 1.74. The van der Waals surface area contributed by atoms with Gasteiger partial charge in [0.2, 0.25) is 0 Å². The van der Waals surface area contributed by atoms with E-state index in [2.05, 4.69) is 18.7 Å². The molecule has 6 heteroatoms. The third-order valence-electron chi connectivity index (χ3n) is 2.68. The minimum Gasteiger partial charge on any atom is -0.492 e. The molecule has 1 aromatic carbocycles. The van der Waals surface area contributed by atoms with Crippen LogP contribution in [0.3, 0.4) is 0 Å². The van der Waals surface area contributed by atoms with Crippen LogP contribution in [-0.4, -0.2) is 36.1 Å². The lowest BCUT2D eigenvalue weighted by atomic mass is 10.3. The zero-order valence-corrected chi connectivity index (χ0v) is 11.3. The van der Waals surface area contributed by atoms with Gasteiger partial charge in [0.25, 0.3) is 5.69 Å². The van der Waals surface area contributed by atoms with E-state index >= 15 is 0 Å². The molecule has 0 aliphatic rings. The van der Waals surface area contributed by atoms with E-state index in [0.29, 0.717) is 12.4 Å². The Morgan fingerprint density at radius 1 is 1.39 bits per heavy atom. The van der Waals surface area contributed by atoms with Gasteiger partial charge in [0.1, 0.15) is 17.4 Å². The molecule has 0 bridgehead atoms. The van der Waals surface area contributed by atoms with Crippen molar-refractivity contribution < 1.29 is 9.66 Å². The average Bonchev–Trinajstić information content (AvgIpc) is 2.36. The third kappa shape index (κ3) is 4.16. The largest absolute Gasteiger partial charge is 0.492 e. The predicted molar refractivity (Wildman–Crippen MR) is 71.4 cm³/mol. The monoisotopic (exact) mass is 272 g/mol. The highest BCUT2D eigenvalue weighted by Crippen LogP contribution is 2.28. The van der Waals surface area contributed by atoms with Gasteiger partial charge in [0.15, 0.2) is 0 Å². The summed E-state index contributed by atoms with van der Waals surface area (Å²) in [6, 6.07) is 4.47. The van der Waals surface area contributed by atoms with Crippen LogP contribution in [-0.2, 0) is 0 Å². The van der Waals surface area contributed by atoms with E-state index in [1.54, 1.807) is 6.07 Å². The van der Waals surface area contributed by atoms with Crippen LogP contribution in [0.2, 0.25) is 5.02 Å². The summed E-state index contributed by atoms with van der Waals surface area (Å²) in [7, 11) is 0. The van der Waals surface area contributed by atoms with Crippen molar-refractivity contribution in [2.24, 2.45) is 0 Å². The second-order valence-corrected chi connectivity index (χ2v) is 4.15. The minimum absolute atomic E-state index is 0.121. The van der Waals surface area contributed by atoms with Crippen molar-refractivity contribution in [2.75, 3.05) is 26.2 Å². The van der Waals surface area contributed by atoms with Gasteiger partial charge in [-0.25, -0.2) is 0 Å². The number of rotatable bonds is 7. The molecule has 0 unspecified atom stereocenters. The van der Waals surface area contributed by atoms with Gasteiger partial charge in [-0.3, -0.25) is 10.1 Å². The molecule has 0 aliphatic heterocycles. The molecule has 0 saturated heterocycles. The molecule has 0 radical (unpaired) electrons. The lowest BCUT2D eigenvalue weighted by molar-refractivity contribution is -0.384. The van der Waals surface area contributed by atoms with Crippen molar-refractivity contribution in [3.05, 3.63) is 33.3 Å². The van der Waals surface area contributed by atoms with Gasteiger partial charge < -0.3 is 9.64 Å². The van der Waals surface area contributed by atoms with E-state index in [9.17, 15) is 10.1 Å². The molecular formula is C12H17ClN2O3. The molecule has 0 atom stereocenters. The van der Waals surface area contributed by atoms with E-state index in [0.717, 1.165) is 19.6 Å². The normalized spacial score (nSPS) is 10.7. The first-order chi connectivity index (χ1) is 8.58. The maximum atomic E-state index is 10.7. The lowest BCUT2D eigenvalue weighted by Crippen LogP contribution is -2.27. The molecule has 5 nitrogen and oxygen atoms in total. The summed E-state index contributed by atoms with van der Waals surface area (Å²) in [6.07, 6.45) is 0. The maximum absolute atomic E-state index is 10.7. The van der Waals surface area contributed by atoms with Crippen LogP contribution in [0.1, 0.15) is 13.8 Å². The van der Waals surface area contributed by atoms with Gasteiger partial charge in [0, 0.05) is 6.54 Å². The molecule has 100 valence electrons. The van der Waals surface area contributed by atoms with E-state index in [1.165, 1.54) is 12.1 Å². The molecule has 0 fully saturated rings. The van der Waals surface area contributed by atoms with E-state index in [1.807, 2.05) is 0 Å². The Hall–Kier alpha value is -1.33. The highest BCUT2D eigenvalue weighted by atomic mass is 35.5. The van der Waals surface area contributed by atoms with Gasteiger partial charge in [0.05, 0.1) is 11.0 Å². The number of nitrogens with zero attached hydrogens (tertiary/aromatic N) is 2. The topological polar surface area (TPSA) is 55.6 Å². The highest BCUT2D eigenvalue weighted by Gasteiger charge is 2.13. The van der Waals surface area contributed by atoms with E-state index in [-0.39, 0.29) is 10.7 Å². The maximum Gasteiger partial charge on any atom is 0.291 e. The van der Waals surface area contributed by atoms with Gasteiger partial charge in [-0.15, -0.1) is 0 Å². The minimum atomic E-state index is -0.514. The average molecular weight is 273 g/mol. The zero-order chi connectivity index (χ0) is 13.5. The molecule has 0 aromatic heterocycles. The first-order valence-electron chi connectivity index (χ1n) is 5.87. The summed E-state index contributed by atoms with van der Waals surface area (Å²) in [5, 5.41) is 10.8. The molecule has 0 N–H and O–H groups in total. The van der Waals surface area contributed by atoms with Crippen molar-refractivity contribution in [2.45, 2.75) is 13.8 Å². The van der Waals surface area contributed by atoms with Gasteiger partial charge in [-0.1, -0.05) is 25.4 Å². The third-order valence-corrected chi connectivity index (χ3v) is 3.00. The smallest absolute Gasteiger partial charge is 0.291 e. The Morgan fingerprint density at radius 2 is 2.06 bits per heavy atom. The van der Waals surface area contributed by atoms with Crippen LogP contribution in [0.4, 0.5) is 5.69 Å². The van der Waals surface area contributed by atoms with Crippen LogP contribution in [0.5, 0.6) is 5.75 Å². The number of nitro groups is 1. The fraction of sp³-hybridized carbons (Fsp3) is 0.500. The van der Waals surface area contributed by atoms with Crippen LogP contribution < -0.4 is 4.74 Å². The summed E-state index contributed by atoms with van der Waals surface area (Å²) in [5.41, 5.74) is -0.128. The molecule has 0 saturated carbocycles. The SMILES string of the molecule is CCN(CC)CCOc1ccc(Cl)c([N+](=O)[O-])c1.